The lowest BCUT2D eigenvalue weighted by molar-refractivity contribution is 0.219. The maximum Gasteiger partial charge on any atom is 0.0876 e. The molecule has 1 aromatic carbocycles. The molecule has 3 heteroatoms. The van der Waals surface area contributed by atoms with E-state index in [2.05, 4.69) is 52.4 Å². The third-order valence-corrected chi connectivity index (χ3v) is 3.68. The van der Waals surface area contributed by atoms with Crippen LogP contribution >= 0.6 is 15.9 Å². The normalized spacial score (nSPS) is 16.9. The molecule has 0 amide bonds. The number of benzene rings is 1. The van der Waals surface area contributed by atoms with Crippen molar-refractivity contribution in [3.8, 4) is 0 Å². The molecule has 0 radical (unpaired) electrons. The molecule has 1 heterocycles. The van der Waals surface area contributed by atoms with E-state index in [1.165, 1.54) is 11.1 Å². The van der Waals surface area contributed by atoms with Gasteiger partial charge in [0, 0.05) is 10.5 Å². The van der Waals surface area contributed by atoms with E-state index in [4.69, 9.17) is 4.74 Å². The fourth-order valence-corrected chi connectivity index (χ4v) is 2.77. The van der Waals surface area contributed by atoms with Gasteiger partial charge in [0.2, 0.25) is 0 Å². The summed E-state index contributed by atoms with van der Waals surface area (Å²) in [5, 5.41) is 3.56. The number of hydrogen-bond donors (Lipinski definition) is 1. The molecule has 0 aliphatic carbocycles. The molecule has 1 N–H and O–H groups in total. The van der Waals surface area contributed by atoms with E-state index in [0.29, 0.717) is 6.04 Å². The van der Waals surface area contributed by atoms with Crippen LogP contribution in [0.1, 0.15) is 25.3 Å². The second-order valence-electron chi connectivity index (χ2n) is 4.61. The third kappa shape index (κ3) is 3.85. The van der Waals surface area contributed by atoms with Gasteiger partial charge >= 0.3 is 0 Å². The number of rotatable bonds is 5. The summed E-state index contributed by atoms with van der Waals surface area (Å²) in [4.78, 5) is 0. The largest absolute Gasteiger partial charge is 0.501 e. The molecule has 1 aliphatic heterocycles. The molecule has 0 aromatic heterocycles. The van der Waals surface area contributed by atoms with Crippen LogP contribution in [-0.2, 0) is 11.2 Å². The van der Waals surface area contributed by atoms with Crippen molar-refractivity contribution in [3.05, 3.63) is 46.1 Å². The molecule has 1 aliphatic rings. The quantitative estimate of drug-likeness (QED) is 0.896. The maximum absolute atomic E-state index is 5.46. The van der Waals surface area contributed by atoms with Crippen LogP contribution in [-0.4, -0.2) is 19.2 Å². The summed E-state index contributed by atoms with van der Waals surface area (Å²) in [6.45, 7) is 3.99. The first-order valence-corrected chi connectivity index (χ1v) is 7.37. The van der Waals surface area contributed by atoms with Crippen molar-refractivity contribution < 1.29 is 4.74 Å². The lowest BCUT2D eigenvalue weighted by Gasteiger charge is -2.24. The molecule has 1 atom stereocenters. The Balaban J connectivity index is 2.08. The molecule has 98 valence electrons. The Labute approximate surface area is 118 Å². The molecule has 1 aromatic rings. The van der Waals surface area contributed by atoms with Gasteiger partial charge in [0.1, 0.15) is 0 Å². The molecular weight excluding hydrogens is 290 g/mol. The van der Waals surface area contributed by atoms with Crippen molar-refractivity contribution in [2.45, 2.75) is 32.2 Å². The summed E-state index contributed by atoms with van der Waals surface area (Å²) in [5.41, 5.74) is 2.74. The number of halogens is 1. The average molecular weight is 310 g/mol. The zero-order chi connectivity index (χ0) is 12.8. The van der Waals surface area contributed by atoms with Crippen LogP contribution < -0.4 is 5.32 Å². The highest BCUT2D eigenvalue weighted by molar-refractivity contribution is 9.10. The Morgan fingerprint density at radius 3 is 3.00 bits per heavy atom. The predicted molar refractivity (Wildman–Crippen MR) is 78.6 cm³/mol. The van der Waals surface area contributed by atoms with Gasteiger partial charge in [0.15, 0.2) is 0 Å². The van der Waals surface area contributed by atoms with Crippen molar-refractivity contribution in [2.24, 2.45) is 0 Å². The van der Waals surface area contributed by atoms with Gasteiger partial charge in [-0.25, -0.2) is 0 Å². The Morgan fingerprint density at radius 2 is 2.33 bits per heavy atom. The van der Waals surface area contributed by atoms with Gasteiger partial charge in [-0.2, -0.15) is 0 Å². The van der Waals surface area contributed by atoms with E-state index in [0.717, 1.165) is 36.9 Å². The maximum atomic E-state index is 5.46. The summed E-state index contributed by atoms with van der Waals surface area (Å²) in [6.07, 6.45) is 5.25. The monoisotopic (exact) mass is 309 g/mol. The average Bonchev–Trinajstić information content (AvgIpc) is 2.39. The molecule has 18 heavy (non-hydrogen) atoms. The smallest absolute Gasteiger partial charge is 0.0876 e. The van der Waals surface area contributed by atoms with Crippen molar-refractivity contribution >= 4 is 15.9 Å². The predicted octanol–water partition coefficient (Wildman–Crippen LogP) is 3.66. The van der Waals surface area contributed by atoms with Gasteiger partial charge in [-0.15, -0.1) is 0 Å². The van der Waals surface area contributed by atoms with Gasteiger partial charge in [0.25, 0.3) is 0 Å². The highest BCUT2D eigenvalue weighted by Crippen LogP contribution is 2.20. The molecule has 2 nitrogen and oxygen atoms in total. The fraction of sp³-hybridized carbons (Fsp3) is 0.467. The van der Waals surface area contributed by atoms with Gasteiger partial charge in [0.05, 0.1) is 12.9 Å². The van der Waals surface area contributed by atoms with E-state index in [9.17, 15) is 0 Å². The van der Waals surface area contributed by atoms with Gasteiger partial charge in [-0.1, -0.05) is 35.0 Å². The summed E-state index contributed by atoms with van der Waals surface area (Å²) >= 11 is 3.53. The Kier molecular flexibility index (Phi) is 5.26. The lowest BCUT2D eigenvalue weighted by atomic mass is 9.95. The van der Waals surface area contributed by atoms with Gasteiger partial charge in [-0.05, 0) is 49.1 Å². The SMILES string of the molecule is CCNC(Cc1cccc(Br)c1)C1=COCCC1. The molecule has 0 fully saturated rings. The number of hydrogen-bond acceptors (Lipinski definition) is 2. The zero-order valence-corrected chi connectivity index (χ0v) is 12.4. The number of likely N-dealkylation sites (N-methyl/N-ethyl adjacent to an activating group) is 1. The van der Waals surface area contributed by atoms with E-state index in [1.807, 2.05) is 6.26 Å². The Morgan fingerprint density at radius 1 is 1.44 bits per heavy atom. The summed E-state index contributed by atoms with van der Waals surface area (Å²) in [5.74, 6) is 0. The fourth-order valence-electron chi connectivity index (χ4n) is 2.32. The van der Waals surface area contributed by atoms with Crippen LogP contribution in [0.3, 0.4) is 0 Å². The van der Waals surface area contributed by atoms with Gasteiger partial charge < -0.3 is 10.1 Å². The molecule has 0 bridgehead atoms. The van der Waals surface area contributed by atoms with Crippen molar-refractivity contribution in [3.63, 3.8) is 0 Å². The second-order valence-corrected chi connectivity index (χ2v) is 5.53. The highest BCUT2D eigenvalue weighted by atomic mass is 79.9. The summed E-state index contributed by atoms with van der Waals surface area (Å²) in [6, 6.07) is 8.92. The van der Waals surface area contributed by atoms with Crippen LogP contribution in [0, 0.1) is 0 Å². The first-order chi connectivity index (χ1) is 8.79. The van der Waals surface area contributed by atoms with Crippen molar-refractivity contribution in [1.82, 2.24) is 5.32 Å². The Bertz CT molecular complexity index is 417. The minimum Gasteiger partial charge on any atom is -0.501 e. The van der Waals surface area contributed by atoms with Crippen LogP contribution in [0.2, 0.25) is 0 Å². The minimum atomic E-state index is 0.393. The standard InChI is InChI=1S/C15H20BrNO/c1-2-17-15(13-6-4-8-18-11-13)10-12-5-3-7-14(16)9-12/h3,5,7,9,11,15,17H,2,4,6,8,10H2,1H3. The van der Waals surface area contributed by atoms with E-state index in [1.54, 1.807) is 0 Å². The Hall–Kier alpha value is -0.800. The van der Waals surface area contributed by atoms with Crippen LogP contribution in [0.15, 0.2) is 40.6 Å². The van der Waals surface area contributed by atoms with Crippen LogP contribution in [0.4, 0.5) is 0 Å². The first-order valence-electron chi connectivity index (χ1n) is 6.58. The molecule has 0 spiro atoms. The summed E-state index contributed by atoms with van der Waals surface area (Å²) in [7, 11) is 0. The van der Waals surface area contributed by atoms with Crippen LogP contribution in [0.5, 0.6) is 0 Å². The van der Waals surface area contributed by atoms with E-state index >= 15 is 0 Å². The zero-order valence-electron chi connectivity index (χ0n) is 10.8. The van der Waals surface area contributed by atoms with Crippen molar-refractivity contribution in [2.75, 3.05) is 13.2 Å². The summed E-state index contributed by atoms with van der Waals surface area (Å²) < 4.78 is 6.60. The topological polar surface area (TPSA) is 21.3 Å². The molecular formula is C15H20BrNO. The molecule has 1 unspecified atom stereocenters. The van der Waals surface area contributed by atoms with Crippen molar-refractivity contribution in [1.29, 1.82) is 0 Å². The lowest BCUT2D eigenvalue weighted by Crippen LogP contribution is -2.33. The highest BCUT2D eigenvalue weighted by Gasteiger charge is 2.16. The first kappa shape index (κ1) is 13.6. The molecule has 2 rings (SSSR count). The number of nitrogens with one attached hydrogen (secondary N) is 1. The van der Waals surface area contributed by atoms with Gasteiger partial charge in [-0.3, -0.25) is 0 Å². The minimum absolute atomic E-state index is 0.393. The third-order valence-electron chi connectivity index (χ3n) is 3.19. The molecule has 0 saturated carbocycles. The van der Waals surface area contributed by atoms with Crippen LogP contribution in [0.25, 0.3) is 0 Å². The van der Waals surface area contributed by atoms with E-state index < -0.39 is 0 Å². The molecule has 0 saturated heterocycles. The van der Waals surface area contributed by atoms with E-state index in [-0.39, 0.29) is 0 Å². The second kappa shape index (κ2) is 6.95. The number of ether oxygens (including phenoxy) is 1.